The molecule has 0 saturated heterocycles. The zero-order valence-corrected chi connectivity index (χ0v) is 11.8. The topological polar surface area (TPSA) is 77.4 Å². The standard InChI is InChI=1S/C14H22O6/c1-11(15)17-6-8-19-13-4-3-5-14(10-13)20-9-7-18-12(2)16/h3-5,10-12,15-16H,6-9H2,1-2H3. The Labute approximate surface area is 118 Å². The van der Waals surface area contributed by atoms with E-state index in [1.807, 2.05) is 18.2 Å². The summed E-state index contributed by atoms with van der Waals surface area (Å²) in [5.41, 5.74) is 0. The molecule has 0 heterocycles. The van der Waals surface area contributed by atoms with Crippen molar-refractivity contribution in [1.82, 2.24) is 0 Å². The van der Waals surface area contributed by atoms with Crippen molar-refractivity contribution in [1.29, 1.82) is 0 Å². The molecule has 20 heavy (non-hydrogen) atoms. The Morgan fingerprint density at radius 1 is 0.850 bits per heavy atom. The molecule has 0 aromatic heterocycles. The third-order valence-electron chi connectivity index (χ3n) is 2.23. The van der Waals surface area contributed by atoms with Gasteiger partial charge < -0.3 is 29.2 Å². The van der Waals surface area contributed by atoms with Crippen molar-refractivity contribution in [3.8, 4) is 11.5 Å². The molecule has 2 N–H and O–H groups in total. The lowest BCUT2D eigenvalue weighted by Gasteiger charge is -2.11. The average molecular weight is 286 g/mol. The molecule has 0 saturated carbocycles. The number of aliphatic hydroxyl groups excluding tert-OH is 2. The Balaban J connectivity index is 2.26. The molecule has 0 aliphatic carbocycles. The summed E-state index contributed by atoms with van der Waals surface area (Å²) in [6.07, 6.45) is -1.58. The largest absolute Gasteiger partial charge is 0.491 e. The van der Waals surface area contributed by atoms with Crippen molar-refractivity contribution in [2.75, 3.05) is 26.4 Å². The summed E-state index contributed by atoms with van der Waals surface area (Å²) in [4.78, 5) is 0. The average Bonchev–Trinajstić information content (AvgIpc) is 2.40. The van der Waals surface area contributed by atoms with Crippen molar-refractivity contribution in [3.63, 3.8) is 0 Å². The summed E-state index contributed by atoms with van der Waals surface area (Å²) in [5, 5.41) is 17.9. The maximum absolute atomic E-state index is 8.93. The summed E-state index contributed by atoms with van der Waals surface area (Å²) in [5.74, 6) is 1.32. The number of rotatable bonds is 10. The van der Waals surface area contributed by atoms with Gasteiger partial charge in [-0.1, -0.05) is 6.07 Å². The molecule has 0 radical (unpaired) electrons. The number of ether oxygens (including phenoxy) is 4. The van der Waals surface area contributed by atoms with E-state index in [0.717, 1.165) is 0 Å². The van der Waals surface area contributed by atoms with E-state index >= 15 is 0 Å². The quantitative estimate of drug-likeness (QED) is 0.496. The van der Waals surface area contributed by atoms with E-state index in [0.29, 0.717) is 37.9 Å². The van der Waals surface area contributed by atoms with Crippen LogP contribution in [-0.4, -0.2) is 49.2 Å². The monoisotopic (exact) mass is 286 g/mol. The second-order valence-corrected chi connectivity index (χ2v) is 4.11. The zero-order chi connectivity index (χ0) is 14.8. The minimum Gasteiger partial charge on any atom is -0.491 e. The van der Waals surface area contributed by atoms with Crippen LogP contribution in [0.1, 0.15) is 13.8 Å². The van der Waals surface area contributed by atoms with E-state index in [4.69, 9.17) is 29.2 Å². The fourth-order valence-electron chi connectivity index (χ4n) is 1.41. The predicted octanol–water partition coefficient (Wildman–Crippen LogP) is 1.15. The third kappa shape index (κ3) is 7.96. The summed E-state index contributed by atoms with van der Waals surface area (Å²) in [6, 6.07) is 7.18. The molecule has 0 spiro atoms. The fraction of sp³-hybridized carbons (Fsp3) is 0.571. The highest BCUT2D eigenvalue weighted by Crippen LogP contribution is 2.19. The van der Waals surface area contributed by atoms with Crippen LogP contribution in [0.4, 0.5) is 0 Å². The first-order chi connectivity index (χ1) is 9.58. The van der Waals surface area contributed by atoms with Crippen molar-refractivity contribution in [3.05, 3.63) is 24.3 Å². The second kappa shape index (κ2) is 9.55. The Bertz CT molecular complexity index is 335. The fourth-order valence-corrected chi connectivity index (χ4v) is 1.41. The number of benzene rings is 1. The van der Waals surface area contributed by atoms with E-state index in [1.165, 1.54) is 0 Å². The van der Waals surface area contributed by atoms with Crippen molar-refractivity contribution < 1.29 is 29.2 Å². The molecule has 1 aromatic carbocycles. The lowest BCUT2D eigenvalue weighted by molar-refractivity contribution is -0.0913. The Hall–Kier alpha value is -1.34. The van der Waals surface area contributed by atoms with Gasteiger partial charge in [-0.05, 0) is 26.0 Å². The van der Waals surface area contributed by atoms with Crippen molar-refractivity contribution in [2.45, 2.75) is 26.4 Å². The van der Waals surface area contributed by atoms with Gasteiger partial charge in [0, 0.05) is 6.07 Å². The molecular formula is C14H22O6. The summed E-state index contributed by atoms with van der Waals surface area (Å²) in [7, 11) is 0. The van der Waals surface area contributed by atoms with Crippen LogP contribution in [0.25, 0.3) is 0 Å². The van der Waals surface area contributed by atoms with Crippen LogP contribution in [0.3, 0.4) is 0 Å². The lowest BCUT2D eigenvalue weighted by atomic mass is 10.3. The van der Waals surface area contributed by atoms with Gasteiger partial charge in [-0.3, -0.25) is 0 Å². The summed E-state index contributed by atoms with van der Waals surface area (Å²) >= 11 is 0. The van der Waals surface area contributed by atoms with Crippen LogP contribution in [0, 0.1) is 0 Å². The molecule has 114 valence electrons. The van der Waals surface area contributed by atoms with Crippen LogP contribution in [0.15, 0.2) is 24.3 Å². The van der Waals surface area contributed by atoms with Crippen LogP contribution in [0.2, 0.25) is 0 Å². The van der Waals surface area contributed by atoms with Gasteiger partial charge in [0.2, 0.25) is 0 Å². The first-order valence-corrected chi connectivity index (χ1v) is 6.53. The molecule has 6 nitrogen and oxygen atoms in total. The van der Waals surface area contributed by atoms with Crippen LogP contribution in [-0.2, 0) is 9.47 Å². The molecule has 1 rings (SSSR count). The summed E-state index contributed by atoms with van der Waals surface area (Å²) < 4.78 is 20.8. The van der Waals surface area contributed by atoms with Gasteiger partial charge in [0.1, 0.15) is 24.7 Å². The molecule has 0 aliphatic rings. The highest BCUT2D eigenvalue weighted by atomic mass is 16.6. The van der Waals surface area contributed by atoms with Crippen molar-refractivity contribution >= 4 is 0 Å². The van der Waals surface area contributed by atoms with Gasteiger partial charge in [0.25, 0.3) is 0 Å². The zero-order valence-electron chi connectivity index (χ0n) is 11.8. The van der Waals surface area contributed by atoms with Crippen LogP contribution >= 0.6 is 0 Å². The first kappa shape index (κ1) is 16.7. The van der Waals surface area contributed by atoms with E-state index in [-0.39, 0.29) is 0 Å². The van der Waals surface area contributed by atoms with Crippen molar-refractivity contribution in [2.24, 2.45) is 0 Å². The molecule has 0 aliphatic heterocycles. The van der Waals surface area contributed by atoms with E-state index < -0.39 is 12.6 Å². The minimum atomic E-state index is -0.790. The second-order valence-electron chi connectivity index (χ2n) is 4.11. The Morgan fingerprint density at radius 3 is 1.70 bits per heavy atom. The molecule has 0 amide bonds. The van der Waals surface area contributed by atoms with E-state index in [1.54, 1.807) is 19.9 Å². The molecule has 2 atom stereocenters. The molecule has 1 aromatic rings. The number of hydrogen-bond acceptors (Lipinski definition) is 6. The molecule has 6 heteroatoms. The Kier molecular flexibility index (Phi) is 7.98. The maximum atomic E-state index is 8.93. The smallest absolute Gasteiger partial charge is 0.151 e. The predicted molar refractivity (Wildman–Crippen MR) is 72.7 cm³/mol. The van der Waals surface area contributed by atoms with Gasteiger partial charge in [-0.2, -0.15) is 0 Å². The van der Waals surface area contributed by atoms with Gasteiger partial charge in [0.05, 0.1) is 13.2 Å². The van der Waals surface area contributed by atoms with Gasteiger partial charge in [-0.15, -0.1) is 0 Å². The lowest BCUT2D eigenvalue weighted by Crippen LogP contribution is -2.14. The SMILES string of the molecule is CC(O)OCCOc1cccc(OCCOC(C)O)c1. The highest BCUT2D eigenvalue weighted by molar-refractivity contribution is 5.32. The minimum absolute atomic E-state index is 0.310. The number of hydrogen-bond donors (Lipinski definition) is 2. The maximum Gasteiger partial charge on any atom is 0.151 e. The van der Waals surface area contributed by atoms with Crippen LogP contribution < -0.4 is 9.47 Å². The Morgan fingerprint density at radius 2 is 1.30 bits per heavy atom. The molecule has 0 bridgehead atoms. The molecule has 2 unspecified atom stereocenters. The number of aliphatic hydroxyl groups is 2. The van der Waals surface area contributed by atoms with E-state index in [2.05, 4.69) is 0 Å². The van der Waals surface area contributed by atoms with Crippen LogP contribution in [0.5, 0.6) is 11.5 Å². The third-order valence-corrected chi connectivity index (χ3v) is 2.23. The molecular weight excluding hydrogens is 264 g/mol. The van der Waals surface area contributed by atoms with Gasteiger partial charge in [-0.25, -0.2) is 0 Å². The normalized spacial score (nSPS) is 13.8. The summed E-state index contributed by atoms with van der Waals surface area (Å²) in [6.45, 7) is 4.41. The van der Waals surface area contributed by atoms with Gasteiger partial charge in [0.15, 0.2) is 12.6 Å². The molecule has 0 fully saturated rings. The van der Waals surface area contributed by atoms with E-state index in [9.17, 15) is 0 Å². The van der Waals surface area contributed by atoms with Gasteiger partial charge >= 0.3 is 0 Å². The highest BCUT2D eigenvalue weighted by Gasteiger charge is 2.00. The first-order valence-electron chi connectivity index (χ1n) is 6.53.